The summed E-state index contributed by atoms with van der Waals surface area (Å²) >= 11 is 0. The van der Waals surface area contributed by atoms with Crippen LogP contribution in [0.1, 0.15) is 53.4 Å². The number of nitrogens with one attached hydrogen (secondary N) is 2. The third-order valence-electron chi connectivity index (χ3n) is 9.87. The van der Waals surface area contributed by atoms with Gasteiger partial charge in [0.25, 0.3) is 0 Å². The van der Waals surface area contributed by atoms with Crippen LogP contribution in [0.15, 0.2) is 0 Å². The van der Waals surface area contributed by atoms with Gasteiger partial charge in [0.05, 0.1) is 5.60 Å². The molecule has 2 saturated carbocycles. The van der Waals surface area contributed by atoms with Crippen LogP contribution in [-0.2, 0) is 28.7 Å². The Morgan fingerprint density at radius 1 is 1.18 bits per heavy atom. The highest BCUT2D eigenvalue weighted by Crippen LogP contribution is 2.78. The fourth-order valence-electron chi connectivity index (χ4n) is 7.42. The summed E-state index contributed by atoms with van der Waals surface area (Å²) in [5, 5.41) is 4.68. The first-order chi connectivity index (χ1) is 17.8. The molecule has 0 bridgehead atoms. The van der Waals surface area contributed by atoms with Crippen LogP contribution in [0.3, 0.4) is 0 Å². The third kappa shape index (κ3) is 4.34. The molecule has 0 aromatic heterocycles. The second kappa shape index (κ2) is 8.80. The molecule has 218 valence electrons. The average Bonchev–Trinajstić information content (AvgIpc) is 3.52. The number of hydrogen-bond donors (Lipinski definition) is 4. The van der Waals surface area contributed by atoms with Crippen molar-refractivity contribution in [2.45, 2.75) is 82.8 Å². The number of likely N-dealkylation sites (tertiary alicyclic amines) is 1. The van der Waals surface area contributed by atoms with Gasteiger partial charge in [-0.15, -0.1) is 0 Å². The van der Waals surface area contributed by atoms with Crippen LogP contribution in [0.25, 0.3) is 0 Å². The van der Waals surface area contributed by atoms with Gasteiger partial charge in [0.2, 0.25) is 23.6 Å². The monoisotopic (exact) mass is 559 g/mol. The predicted octanol–water partition coefficient (Wildman–Crippen LogP) is -0.0427. The molecule has 14 heteroatoms. The summed E-state index contributed by atoms with van der Waals surface area (Å²) in [7, 11) is 1.17. The molecule has 0 aromatic carbocycles. The van der Waals surface area contributed by atoms with Crippen molar-refractivity contribution >= 4 is 29.5 Å². The molecular weight excluding hydrogens is 523 g/mol. The van der Waals surface area contributed by atoms with E-state index in [9.17, 15) is 37.1 Å². The van der Waals surface area contributed by atoms with E-state index in [0.717, 1.165) is 17.7 Å². The van der Waals surface area contributed by atoms with Crippen molar-refractivity contribution < 1.29 is 41.9 Å². The zero-order valence-corrected chi connectivity index (χ0v) is 22.6. The van der Waals surface area contributed by atoms with E-state index in [1.54, 1.807) is 5.32 Å². The molecular formula is C25H36F3N5O6. The van der Waals surface area contributed by atoms with E-state index in [-0.39, 0.29) is 24.4 Å². The minimum Gasteiger partial charge on any atom is -0.376 e. The van der Waals surface area contributed by atoms with Gasteiger partial charge in [-0.25, -0.2) is 0 Å². The maximum absolute atomic E-state index is 13.8. The number of alkyl halides is 3. The summed E-state index contributed by atoms with van der Waals surface area (Å²) < 4.78 is 44.6. The first-order valence-corrected chi connectivity index (χ1v) is 12.9. The van der Waals surface area contributed by atoms with Crippen LogP contribution in [0.4, 0.5) is 13.2 Å². The Bertz CT molecular complexity index is 1120. The first kappa shape index (κ1) is 29.1. The predicted molar refractivity (Wildman–Crippen MR) is 129 cm³/mol. The second-order valence-electron chi connectivity index (χ2n) is 12.6. The minimum atomic E-state index is -5.28. The number of fused-ring (bicyclic) bond motifs is 1. The van der Waals surface area contributed by atoms with Gasteiger partial charge in [-0.2, -0.15) is 13.2 Å². The minimum absolute atomic E-state index is 0.0481. The molecule has 39 heavy (non-hydrogen) atoms. The Kier molecular flexibility index (Phi) is 6.56. The van der Waals surface area contributed by atoms with Gasteiger partial charge in [-0.1, -0.05) is 13.8 Å². The van der Waals surface area contributed by atoms with E-state index in [1.165, 1.54) is 21.0 Å². The highest BCUT2D eigenvalue weighted by molar-refractivity contribution is 5.96. The normalized spacial score (nSPS) is 31.7. The van der Waals surface area contributed by atoms with Crippen molar-refractivity contribution in [3.8, 4) is 0 Å². The van der Waals surface area contributed by atoms with Crippen molar-refractivity contribution in [3.05, 3.63) is 0 Å². The maximum Gasteiger partial charge on any atom is 0.471 e. The third-order valence-corrected chi connectivity index (χ3v) is 9.87. The van der Waals surface area contributed by atoms with E-state index in [0.29, 0.717) is 6.42 Å². The van der Waals surface area contributed by atoms with Crippen LogP contribution in [0.5, 0.6) is 0 Å². The summed E-state index contributed by atoms with van der Waals surface area (Å²) in [6, 6.07) is -3.25. The van der Waals surface area contributed by atoms with Crippen LogP contribution < -0.4 is 22.1 Å². The van der Waals surface area contributed by atoms with E-state index in [1.807, 2.05) is 13.8 Å². The van der Waals surface area contributed by atoms with Gasteiger partial charge in [0.1, 0.15) is 12.1 Å². The second-order valence-corrected chi connectivity index (χ2v) is 12.6. The van der Waals surface area contributed by atoms with E-state index in [2.05, 4.69) is 5.32 Å². The number of rotatable bonds is 9. The number of nitrogens with two attached hydrogens (primary N) is 2. The Morgan fingerprint density at radius 3 is 2.21 bits per heavy atom. The van der Waals surface area contributed by atoms with Crippen LogP contribution in [-0.4, -0.2) is 77.5 Å². The molecule has 6 N–H and O–H groups in total. The molecule has 5 amide bonds. The van der Waals surface area contributed by atoms with E-state index < -0.39 is 76.1 Å². The number of piperidine rings is 1. The van der Waals surface area contributed by atoms with Crippen molar-refractivity contribution in [3.63, 3.8) is 0 Å². The van der Waals surface area contributed by atoms with Crippen molar-refractivity contribution in [2.24, 2.45) is 40.1 Å². The van der Waals surface area contributed by atoms with Crippen molar-refractivity contribution in [2.75, 3.05) is 13.7 Å². The molecule has 6 atom stereocenters. The van der Waals surface area contributed by atoms with Crippen molar-refractivity contribution in [1.82, 2.24) is 15.5 Å². The lowest BCUT2D eigenvalue weighted by atomic mass is 9.71. The number of methoxy groups -OCH3 is 1. The molecule has 2 heterocycles. The molecule has 4 rings (SSSR count). The van der Waals surface area contributed by atoms with Gasteiger partial charge < -0.3 is 31.7 Å². The number of carbonyl (C=O) groups excluding carboxylic acids is 5. The van der Waals surface area contributed by atoms with Gasteiger partial charge in [-0.05, 0) is 50.9 Å². The lowest BCUT2D eigenvalue weighted by molar-refractivity contribution is -0.178. The van der Waals surface area contributed by atoms with Crippen LogP contribution >= 0.6 is 0 Å². The molecule has 2 aliphatic carbocycles. The molecule has 2 aliphatic heterocycles. The Morgan fingerprint density at radius 2 is 1.77 bits per heavy atom. The zero-order chi connectivity index (χ0) is 29.5. The van der Waals surface area contributed by atoms with Crippen LogP contribution in [0, 0.1) is 28.6 Å². The fraction of sp³-hybridized carbons (Fsp3) is 0.800. The maximum atomic E-state index is 13.8. The molecule has 2 saturated heterocycles. The number of nitrogens with zero attached hydrogens (tertiary/aromatic N) is 1. The quantitative estimate of drug-likeness (QED) is 0.308. The standard InChI is InChI=1S/C25H36F3N5O6/c1-21(2)13-10-33(19(37)14(22(3,4)39-5)31-20(38)25(26,27)28)15(17(30)35)24(13,21)12(16(29)34)8-11-9-23(6-7-23)32-18(11)36/h11-15H,6-10H2,1-5H3,(H2,29,34)(H2,30,35)(H,31,38)(H,32,36)/t11-,12-,13?,14-,15?,24?/m1/s1. The van der Waals surface area contributed by atoms with Gasteiger partial charge >= 0.3 is 12.1 Å². The topological polar surface area (TPSA) is 174 Å². The summed E-state index contributed by atoms with van der Waals surface area (Å²) in [5.74, 6) is -7.29. The lowest BCUT2D eigenvalue weighted by Gasteiger charge is -2.41. The molecule has 0 aromatic rings. The highest BCUT2D eigenvalue weighted by atomic mass is 19.4. The SMILES string of the molecule is COC(C)(C)[C@H](NC(=O)C(F)(F)F)C(=O)N1CC2C(C)(C)C2([C@H](C[C@@H]2CC3(CC3)NC2=O)C(N)=O)C1C(N)=O. The summed E-state index contributed by atoms with van der Waals surface area (Å²) in [6.07, 6.45) is -3.04. The number of ether oxygens (including phenoxy) is 1. The number of primary amides is 2. The largest absolute Gasteiger partial charge is 0.471 e. The van der Waals surface area contributed by atoms with Gasteiger partial charge in [0.15, 0.2) is 0 Å². The number of amides is 5. The van der Waals surface area contributed by atoms with Gasteiger partial charge in [0, 0.05) is 36.4 Å². The summed E-state index contributed by atoms with van der Waals surface area (Å²) in [6.45, 7) is 6.15. The smallest absolute Gasteiger partial charge is 0.376 e. The van der Waals surface area contributed by atoms with E-state index >= 15 is 0 Å². The van der Waals surface area contributed by atoms with Crippen LogP contribution in [0.2, 0.25) is 0 Å². The number of halogens is 3. The number of carbonyl (C=O) groups is 5. The number of hydrogen-bond acceptors (Lipinski definition) is 6. The summed E-state index contributed by atoms with van der Waals surface area (Å²) in [4.78, 5) is 65.4. The fourth-order valence-corrected chi connectivity index (χ4v) is 7.42. The first-order valence-electron chi connectivity index (χ1n) is 12.9. The molecule has 3 unspecified atom stereocenters. The molecule has 4 fully saturated rings. The van der Waals surface area contributed by atoms with Crippen molar-refractivity contribution in [1.29, 1.82) is 0 Å². The lowest BCUT2D eigenvalue weighted by Crippen LogP contribution is -2.64. The average molecular weight is 560 g/mol. The Balaban J connectivity index is 1.70. The Hall–Kier alpha value is -2.90. The Labute approximate surface area is 223 Å². The zero-order valence-electron chi connectivity index (χ0n) is 22.6. The summed E-state index contributed by atoms with van der Waals surface area (Å²) in [5.41, 5.74) is 7.87. The van der Waals surface area contributed by atoms with Gasteiger partial charge in [-0.3, -0.25) is 24.0 Å². The molecule has 4 aliphatic rings. The molecule has 0 radical (unpaired) electrons. The van der Waals surface area contributed by atoms with E-state index in [4.69, 9.17) is 16.2 Å². The molecule has 1 spiro atoms. The highest BCUT2D eigenvalue weighted by Gasteiger charge is 2.84. The molecule has 11 nitrogen and oxygen atoms in total.